The van der Waals surface area contributed by atoms with Crippen LogP contribution >= 0.6 is 0 Å². The molecule has 2 aliphatic heterocycles. The van der Waals surface area contributed by atoms with E-state index in [4.69, 9.17) is 4.74 Å². The van der Waals surface area contributed by atoms with Crippen LogP contribution in [0.25, 0.3) is 0 Å². The summed E-state index contributed by atoms with van der Waals surface area (Å²) in [6.45, 7) is 4.08. The Morgan fingerprint density at radius 3 is 2.82 bits per heavy atom. The average molecular weight is 322 g/mol. The van der Waals surface area contributed by atoms with Crippen molar-refractivity contribution in [3.63, 3.8) is 0 Å². The molecule has 2 saturated heterocycles. The topological polar surface area (TPSA) is 48.9 Å². The van der Waals surface area contributed by atoms with Gasteiger partial charge in [-0.2, -0.15) is 13.2 Å². The number of alkyl halides is 3. The number of rotatable bonds is 5. The highest BCUT2D eigenvalue weighted by molar-refractivity contribution is 5.80. The fourth-order valence-electron chi connectivity index (χ4n) is 2.84. The Morgan fingerprint density at radius 1 is 1.36 bits per heavy atom. The van der Waals surface area contributed by atoms with Gasteiger partial charge in [-0.15, -0.1) is 0 Å². The first-order chi connectivity index (χ1) is 10.5. The highest BCUT2D eigenvalue weighted by Crippen LogP contribution is 2.20. The van der Waals surface area contributed by atoms with Gasteiger partial charge in [0.15, 0.2) is 5.96 Å². The Kier molecular flexibility index (Phi) is 6.31. The van der Waals surface area contributed by atoms with E-state index >= 15 is 0 Å². The first-order valence-corrected chi connectivity index (χ1v) is 7.92. The summed E-state index contributed by atoms with van der Waals surface area (Å²) in [4.78, 5) is 5.92. The zero-order chi connectivity index (χ0) is 16.0. The summed E-state index contributed by atoms with van der Waals surface area (Å²) >= 11 is 0. The van der Waals surface area contributed by atoms with Crippen molar-refractivity contribution in [1.82, 2.24) is 15.5 Å². The summed E-state index contributed by atoms with van der Waals surface area (Å²) in [5, 5.41) is 6.37. The van der Waals surface area contributed by atoms with E-state index in [0.29, 0.717) is 32.0 Å². The van der Waals surface area contributed by atoms with Crippen molar-refractivity contribution < 1.29 is 17.9 Å². The molecule has 0 aromatic carbocycles. The van der Waals surface area contributed by atoms with Gasteiger partial charge < -0.3 is 15.4 Å². The second-order valence-electron chi connectivity index (χ2n) is 5.83. The molecule has 22 heavy (non-hydrogen) atoms. The van der Waals surface area contributed by atoms with Crippen LogP contribution in [-0.4, -0.2) is 68.5 Å². The van der Waals surface area contributed by atoms with Gasteiger partial charge in [0.2, 0.25) is 0 Å². The Balaban J connectivity index is 1.79. The van der Waals surface area contributed by atoms with E-state index in [1.807, 2.05) is 6.92 Å². The molecule has 2 heterocycles. The quantitative estimate of drug-likeness (QED) is 0.593. The van der Waals surface area contributed by atoms with E-state index in [-0.39, 0.29) is 12.1 Å². The van der Waals surface area contributed by atoms with Gasteiger partial charge in [-0.25, -0.2) is 0 Å². The van der Waals surface area contributed by atoms with Gasteiger partial charge in [0.25, 0.3) is 0 Å². The number of nitrogens with one attached hydrogen (secondary N) is 2. The van der Waals surface area contributed by atoms with Gasteiger partial charge in [0.1, 0.15) is 0 Å². The standard InChI is InChI=1S/C14H25F3N4O/c1-2-18-13(19-8-12-4-3-7-22-12)20-11-5-6-21(9-11)10-14(15,16)17/h11-12H,2-10H2,1H3,(H2,18,19,20). The van der Waals surface area contributed by atoms with Gasteiger partial charge in [-0.3, -0.25) is 9.89 Å². The zero-order valence-electron chi connectivity index (χ0n) is 13.0. The van der Waals surface area contributed by atoms with E-state index in [1.54, 1.807) is 0 Å². The minimum Gasteiger partial charge on any atom is -0.376 e. The van der Waals surface area contributed by atoms with Gasteiger partial charge in [0.05, 0.1) is 19.2 Å². The number of nitrogens with zero attached hydrogens (tertiary/aromatic N) is 2. The van der Waals surface area contributed by atoms with Crippen molar-refractivity contribution in [1.29, 1.82) is 0 Å². The molecule has 2 N–H and O–H groups in total. The minimum atomic E-state index is -4.13. The summed E-state index contributed by atoms with van der Waals surface area (Å²) in [5.74, 6) is 0.664. The van der Waals surface area contributed by atoms with Crippen molar-refractivity contribution >= 4 is 5.96 Å². The lowest BCUT2D eigenvalue weighted by Gasteiger charge is -2.20. The van der Waals surface area contributed by atoms with Crippen LogP contribution < -0.4 is 10.6 Å². The van der Waals surface area contributed by atoms with Crippen molar-refractivity contribution in [3.05, 3.63) is 0 Å². The Labute approximate surface area is 129 Å². The Bertz CT molecular complexity index is 370. The fourth-order valence-corrected chi connectivity index (χ4v) is 2.84. The van der Waals surface area contributed by atoms with Crippen molar-refractivity contribution in [3.8, 4) is 0 Å². The lowest BCUT2D eigenvalue weighted by atomic mass is 10.2. The van der Waals surface area contributed by atoms with Crippen LogP contribution in [-0.2, 0) is 4.74 Å². The Morgan fingerprint density at radius 2 is 2.18 bits per heavy atom. The first-order valence-electron chi connectivity index (χ1n) is 7.92. The average Bonchev–Trinajstić information content (AvgIpc) is 3.06. The predicted octanol–water partition coefficient (Wildman–Crippen LogP) is 1.36. The molecule has 8 heteroatoms. The molecular weight excluding hydrogens is 297 g/mol. The van der Waals surface area contributed by atoms with Gasteiger partial charge in [-0.05, 0) is 26.2 Å². The monoisotopic (exact) mass is 322 g/mol. The molecule has 0 aromatic rings. The second kappa shape index (κ2) is 8.01. The maximum Gasteiger partial charge on any atom is 0.401 e. The van der Waals surface area contributed by atoms with E-state index in [0.717, 1.165) is 26.0 Å². The number of likely N-dealkylation sites (tertiary alicyclic amines) is 1. The first kappa shape index (κ1) is 17.3. The summed E-state index contributed by atoms with van der Waals surface area (Å²) in [7, 11) is 0. The van der Waals surface area contributed by atoms with Crippen LogP contribution in [0, 0.1) is 0 Å². The molecule has 5 nitrogen and oxygen atoms in total. The van der Waals surface area contributed by atoms with Crippen LogP contribution in [0.1, 0.15) is 26.2 Å². The molecule has 2 atom stereocenters. The number of hydrogen-bond acceptors (Lipinski definition) is 3. The molecular formula is C14H25F3N4O. The van der Waals surface area contributed by atoms with Crippen LogP contribution in [0.2, 0.25) is 0 Å². The minimum absolute atomic E-state index is 0.00430. The summed E-state index contributed by atoms with van der Waals surface area (Å²) < 4.78 is 42.7. The maximum atomic E-state index is 12.4. The zero-order valence-corrected chi connectivity index (χ0v) is 13.0. The summed E-state index contributed by atoms with van der Waals surface area (Å²) in [6.07, 6.45) is -1.18. The second-order valence-corrected chi connectivity index (χ2v) is 5.83. The normalized spacial score (nSPS) is 27.4. The van der Waals surface area contributed by atoms with Crippen LogP contribution in [0.15, 0.2) is 4.99 Å². The largest absolute Gasteiger partial charge is 0.401 e. The van der Waals surface area contributed by atoms with Gasteiger partial charge >= 0.3 is 6.18 Å². The number of aliphatic imine (C=N–C) groups is 1. The van der Waals surface area contributed by atoms with Crippen molar-refractivity contribution in [2.75, 3.05) is 39.3 Å². The molecule has 2 unspecified atom stereocenters. The van der Waals surface area contributed by atoms with E-state index in [9.17, 15) is 13.2 Å². The molecule has 0 spiro atoms. The van der Waals surface area contributed by atoms with Crippen molar-refractivity contribution in [2.24, 2.45) is 4.99 Å². The molecule has 128 valence electrons. The molecule has 2 aliphatic rings. The number of hydrogen-bond donors (Lipinski definition) is 2. The molecule has 0 bridgehead atoms. The third kappa shape index (κ3) is 6.00. The lowest BCUT2D eigenvalue weighted by Crippen LogP contribution is -2.45. The van der Waals surface area contributed by atoms with E-state index < -0.39 is 12.7 Å². The molecule has 0 radical (unpaired) electrons. The molecule has 2 fully saturated rings. The molecule has 0 aliphatic carbocycles. The predicted molar refractivity (Wildman–Crippen MR) is 79.0 cm³/mol. The Hall–Kier alpha value is -1.02. The third-order valence-electron chi connectivity index (χ3n) is 3.84. The number of ether oxygens (including phenoxy) is 1. The summed E-state index contributed by atoms with van der Waals surface area (Å²) in [5.41, 5.74) is 0. The van der Waals surface area contributed by atoms with Crippen molar-refractivity contribution in [2.45, 2.75) is 44.5 Å². The van der Waals surface area contributed by atoms with Gasteiger partial charge in [-0.1, -0.05) is 0 Å². The third-order valence-corrected chi connectivity index (χ3v) is 3.84. The number of guanidine groups is 1. The van der Waals surface area contributed by atoms with Crippen LogP contribution in [0.4, 0.5) is 13.2 Å². The van der Waals surface area contributed by atoms with Gasteiger partial charge in [0, 0.05) is 32.3 Å². The maximum absolute atomic E-state index is 12.4. The fraction of sp³-hybridized carbons (Fsp3) is 0.929. The SMILES string of the molecule is CCNC(=NCC1CCCO1)NC1CCN(CC(F)(F)F)C1. The van der Waals surface area contributed by atoms with Crippen LogP contribution in [0.3, 0.4) is 0 Å². The highest BCUT2D eigenvalue weighted by Gasteiger charge is 2.34. The summed E-state index contributed by atoms with van der Waals surface area (Å²) in [6, 6.07) is 0.00430. The molecule has 0 amide bonds. The van der Waals surface area contributed by atoms with Crippen LogP contribution in [0.5, 0.6) is 0 Å². The van der Waals surface area contributed by atoms with E-state index in [2.05, 4.69) is 15.6 Å². The lowest BCUT2D eigenvalue weighted by molar-refractivity contribution is -0.143. The molecule has 0 aromatic heterocycles. The molecule has 0 saturated carbocycles. The molecule has 2 rings (SSSR count). The highest BCUT2D eigenvalue weighted by atomic mass is 19.4. The smallest absolute Gasteiger partial charge is 0.376 e. The number of halogens is 3. The van der Waals surface area contributed by atoms with E-state index in [1.165, 1.54) is 4.90 Å².